The third-order valence-corrected chi connectivity index (χ3v) is 3.36. The summed E-state index contributed by atoms with van der Waals surface area (Å²) in [5, 5.41) is 3.43. The van der Waals surface area contributed by atoms with Crippen LogP contribution in [0.1, 0.15) is 38.5 Å². The van der Waals surface area contributed by atoms with Crippen LogP contribution in [-0.4, -0.2) is 35.7 Å². The number of ether oxygens (including phenoxy) is 1. The number of likely N-dealkylation sites (tertiary alicyclic amines) is 1. The molecule has 5 heteroatoms. The quantitative estimate of drug-likeness (QED) is 0.925. The molecule has 0 aliphatic carbocycles. The second kappa shape index (κ2) is 5.87. The van der Waals surface area contributed by atoms with Gasteiger partial charge in [-0.05, 0) is 45.7 Å². The van der Waals surface area contributed by atoms with E-state index in [1.165, 1.54) is 0 Å². The summed E-state index contributed by atoms with van der Waals surface area (Å²) in [5.41, 5.74) is 0.716. The smallest absolute Gasteiger partial charge is 0.410 e. The number of carbonyl (C=O) groups is 1. The number of nitrogens with zero attached hydrogens (tertiary/aromatic N) is 1. The lowest BCUT2D eigenvalue weighted by molar-refractivity contribution is 0.0291. The van der Waals surface area contributed by atoms with Crippen LogP contribution >= 0.6 is 0 Å². The van der Waals surface area contributed by atoms with Gasteiger partial charge in [0, 0.05) is 19.1 Å². The van der Waals surface area contributed by atoms with Crippen LogP contribution in [0.5, 0.6) is 0 Å². The average molecular weight is 280 g/mol. The Hall–Kier alpha value is -1.49. The normalized spacial score (nSPS) is 19.4. The number of rotatable bonds is 3. The van der Waals surface area contributed by atoms with Crippen LogP contribution < -0.4 is 5.32 Å². The van der Waals surface area contributed by atoms with E-state index < -0.39 is 5.60 Å². The van der Waals surface area contributed by atoms with Crippen LogP contribution in [0.15, 0.2) is 16.7 Å². The highest BCUT2D eigenvalue weighted by Gasteiger charge is 2.29. The molecular formula is C15H24N2O3. The Kier molecular flexibility index (Phi) is 4.38. The second-order valence-corrected chi connectivity index (χ2v) is 6.32. The third kappa shape index (κ3) is 4.00. The van der Waals surface area contributed by atoms with Crippen LogP contribution in [0.4, 0.5) is 4.79 Å². The first-order chi connectivity index (χ1) is 9.35. The monoisotopic (exact) mass is 280 g/mol. The van der Waals surface area contributed by atoms with Crippen LogP contribution in [0, 0.1) is 6.92 Å². The van der Waals surface area contributed by atoms with E-state index in [0.29, 0.717) is 19.1 Å². The summed E-state index contributed by atoms with van der Waals surface area (Å²) in [6, 6.07) is 2.26. The Labute approximate surface area is 120 Å². The fourth-order valence-corrected chi connectivity index (χ4v) is 2.24. The van der Waals surface area contributed by atoms with E-state index >= 15 is 0 Å². The van der Waals surface area contributed by atoms with Gasteiger partial charge in [0.15, 0.2) is 0 Å². The highest BCUT2D eigenvalue weighted by molar-refractivity contribution is 5.68. The van der Waals surface area contributed by atoms with Crippen LogP contribution in [-0.2, 0) is 11.3 Å². The topological polar surface area (TPSA) is 54.7 Å². The molecule has 0 radical (unpaired) electrons. The van der Waals surface area contributed by atoms with Crippen molar-refractivity contribution in [2.24, 2.45) is 0 Å². The summed E-state index contributed by atoms with van der Waals surface area (Å²) >= 11 is 0. The van der Waals surface area contributed by atoms with Crippen molar-refractivity contribution in [3.8, 4) is 0 Å². The van der Waals surface area contributed by atoms with Crippen molar-refractivity contribution in [1.82, 2.24) is 10.2 Å². The van der Waals surface area contributed by atoms with E-state index in [2.05, 4.69) is 5.32 Å². The molecule has 1 atom stereocenters. The molecule has 1 amide bonds. The molecular weight excluding hydrogens is 256 g/mol. The van der Waals surface area contributed by atoms with Crippen molar-refractivity contribution in [3.63, 3.8) is 0 Å². The van der Waals surface area contributed by atoms with Crippen molar-refractivity contribution in [2.45, 2.75) is 52.3 Å². The van der Waals surface area contributed by atoms with Gasteiger partial charge in [0.25, 0.3) is 0 Å². The molecule has 2 rings (SSSR count). The molecule has 2 heterocycles. The van der Waals surface area contributed by atoms with Gasteiger partial charge in [-0.2, -0.15) is 0 Å². The number of nitrogens with one attached hydrogen (secondary N) is 1. The number of aryl methyl sites for hydroxylation is 1. The van der Waals surface area contributed by atoms with Crippen molar-refractivity contribution in [2.75, 3.05) is 13.1 Å². The molecule has 20 heavy (non-hydrogen) atoms. The molecule has 112 valence electrons. The van der Waals surface area contributed by atoms with Crippen LogP contribution in [0.2, 0.25) is 0 Å². The van der Waals surface area contributed by atoms with E-state index in [1.807, 2.05) is 33.8 Å². The number of carbonyl (C=O) groups excluding carboxylic acids is 1. The van der Waals surface area contributed by atoms with Gasteiger partial charge >= 0.3 is 6.09 Å². The zero-order valence-corrected chi connectivity index (χ0v) is 12.7. The Morgan fingerprint density at radius 3 is 2.90 bits per heavy atom. The predicted octanol–water partition coefficient (Wildman–Crippen LogP) is 2.69. The molecule has 1 aliphatic heterocycles. The van der Waals surface area contributed by atoms with Gasteiger partial charge in [0.05, 0.1) is 12.8 Å². The fraction of sp³-hybridized carbons (Fsp3) is 0.667. The maximum absolute atomic E-state index is 12.0. The number of amides is 1. The second-order valence-electron chi connectivity index (χ2n) is 6.32. The van der Waals surface area contributed by atoms with E-state index in [0.717, 1.165) is 24.3 Å². The Morgan fingerprint density at radius 1 is 1.55 bits per heavy atom. The maximum atomic E-state index is 12.0. The van der Waals surface area contributed by atoms with Crippen LogP contribution in [0.25, 0.3) is 0 Å². The van der Waals surface area contributed by atoms with Crippen molar-refractivity contribution in [1.29, 1.82) is 0 Å². The van der Waals surface area contributed by atoms with Crippen LogP contribution in [0.3, 0.4) is 0 Å². The molecule has 1 saturated heterocycles. The lowest BCUT2D eigenvalue weighted by Crippen LogP contribution is -2.38. The first-order valence-corrected chi connectivity index (χ1v) is 7.09. The van der Waals surface area contributed by atoms with Crippen molar-refractivity contribution in [3.05, 3.63) is 23.7 Å². The predicted molar refractivity (Wildman–Crippen MR) is 76.5 cm³/mol. The van der Waals surface area contributed by atoms with E-state index in [1.54, 1.807) is 11.2 Å². The summed E-state index contributed by atoms with van der Waals surface area (Å²) in [5.74, 6) is 0.959. The first-order valence-electron chi connectivity index (χ1n) is 7.09. The maximum Gasteiger partial charge on any atom is 0.410 e. The Bertz CT molecular complexity index is 462. The minimum absolute atomic E-state index is 0.226. The number of hydrogen-bond donors (Lipinski definition) is 1. The third-order valence-electron chi connectivity index (χ3n) is 3.36. The fourth-order valence-electron chi connectivity index (χ4n) is 2.24. The summed E-state index contributed by atoms with van der Waals surface area (Å²) in [4.78, 5) is 13.7. The van der Waals surface area contributed by atoms with E-state index in [4.69, 9.17) is 9.15 Å². The lowest BCUT2D eigenvalue weighted by atomic mass is 10.2. The van der Waals surface area contributed by atoms with Gasteiger partial charge < -0.3 is 19.4 Å². The molecule has 1 N–H and O–H groups in total. The summed E-state index contributed by atoms with van der Waals surface area (Å²) in [6.45, 7) is 9.81. The Balaban J connectivity index is 1.78. The highest BCUT2D eigenvalue weighted by atomic mass is 16.6. The van der Waals surface area contributed by atoms with Gasteiger partial charge in [-0.1, -0.05) is 0 Å². The molecule has 5 nitrogen and oxygen atoms in total. The van der Waals surface area contributed by atoms with E-state index in [-0.39, 0.29) is 6.09 Å². The average Bonchev–Trinajstić information content (AvgIpc) is 2.93. The SMILES string of the molecule is Cc1ccoc1CNC1CCN(C(=O)OC(C)(C)C)C1. The molecule has 0 bridgehead atoms. The molecule has 1 fully saturated rings. The zero-order chi connectivity index (χ0) is 14.8. The molecule has 0 aromatic carbocycles. The molecule has 0 saturated carbocycles. The lowest BCUT2D eigenvalue weighted by Gasteiger charge is -2.24. The molecule has 1 aromatic rings. The van der Waals surface area contributed by atoms with Gasteiger partial charge in [-0.15, -0.1) is 0 Å². The standard InChI is InChI=1S/C15H24N2O3/c1-11-6-8-19-13(11)9-16-12-5-7-17(10-12)14(18)20-15(2,3)4/h6,8,12,16H,5,7,9-10H2,1-4H3. The van der Waals surface area contributed by atoms with Gasteiger partial charge in [0.2, 0.25) is 0 Å². The largest absolute Gasteiger partial charge is 0.468 e. The number of hydrogen-bond acceptors (Lipinski definition) is 4. The van der Waals surface area contributed by atoms with Gasteiger partial charge in [-0.25, -0.2) is 4.79 Å². The molecule has 1 aromatic heterocycles. The first kappa shape index (κ1) is 14.9. The summed E-state index contributed by atoms with van der Waals surface area (Å²) in [6.07, 6.45) is 2.42. The minimum atomic E-state index is -0.437. The van der Waals surface area contributed by atoms with Crippen molar-refractivity contribution < 1.29 is 13.9 Å². The van der Waals surface area contributed by atoms with Crippen molar-refractivity contribution >= 4 is 6.09 Å². The molecule has 0 spiro atoms. The zero-order valence-electron chi connectivity index (χ0n) is 12.7. The van der Waals surface area contributed by atoms with E-state index in [9.17, 15) is 4.79 Å². The molecule has 1 aliphatic rings. The molecule has 1 unspecified atom stereocenters. The Morgan fingerprint density at radius 2 is 2.30 bits per heavy atom. The minimum Gasteiger partial charge on any atom is -0.468 e. The summed E-state index contributed by atoms with van der Waals surface area (Å²) < 4.78 is 10.8. The number of furan rings is 1. The highest BCUT2D eigenvalue weighted by Crippen LogP contribution is 2.16. The summed E-state index contributed by atoms with van der Waals surface area (Å²) in [7, 11) is 0. The van der Waals surface area contributed by atoms with Gasteiger partial charge in [-0.3, -0.25) is 0 Å². The van der Waals surface area contributed by atoms with Gasteiger partial charge in [0.1, 0.15) is 11.4 Å².